The molecule has 2 aromatic rings. The summed E-state index contributed by atoms with van der Waals surface area (Å²) in [5, 5.41) is 3.12. The lowest BCUT2D eigenvalue weighted by Gasteiger charge is -2.24. The summed E-state index contributed by atoms with van der Waals surface area (Å²) in [5.41, 5.74) is 3.49. The number of rotatable bonds is 6. The van der Waals surface area contributed by atoms with Crippen LogP contribution in [0.4, 0.5) is 24.7 Å². The number of benzene rings is 1. The van der Waals surface area contributed by atoms with Crippen molar-refractivity contribution in [2.75, 3.05) is 29.9 Å². The molecule has 0 spiro atoms. The van der Waals surface area contributed by atoms with E-state index in [4.69, 9.17) is 9.72 Å². The molecule has 0 bridgehead atoms. The van der Waals surface area contributed by atoms with Gasteiger partial charge in [0, 0.05) is 25.4 Å². The molecule has 196 valence electrons. The van der Waals surface area contributed by atoms with Gasteiger partial charge in [0.2, 0.25) is 5.91 Å². The van der Waals surface area contributed by atoms with Crippen molar-refractivity contribution in [2.45, 2.75) is 71.8 Å². The van der Waals surface area contributed by atoms with E-state index in [1.54, 1.807) is 12.1 Å². The maximum absolute atomic E-state index is 12.6. The Morgan fingerprint density at radius 1 is 1.14 bits per heavy atom. The van der Waals surface area contributed by atoms with Gasteiger partial charge in [-0.05, 0) is 60.9 Å². The van der Waals surface area contributed by atoms with E-state index in [-0.39, 0.29) is 23.2 Å². The minimum atomic E-state index is -4.71. The Bertz CT molecular complexity index is 1080. The summed E-state index contributed by atoms with van der Waals surface area (Å²) in [4.78, 5) is 19.8. The first kappa shape index (κ1) is 26.3. The number of pyridine rings is 1. The second-order valence-electron chi connectivity index (χ2n) is 10.9. The average molecular weight is 506 g/mol. The smallest absolute Gasteiger partial charge is 0.406 e. The maximum Gasteiger partial charge on any atom is 0.573 e. The summed E-state index contributed by atoms with van der Waals surface area (Å²) >= 11 is 0. The van der Waals surface area contributed by atoms with Gasteiger partial charge in [0.05, 0.1) is 24.1 Å². The van der Waals surface area contributed by atoms with Crippen LogP contribution in [0, 0.1) is 12.3 Å². The lowest BCUT2D eigenvalue weighted by Crippen LogP contribution is -2.28. The Morgan fingerprint density at radius 3 is 2.44 bits per heavy atom. The molecule has 0 radical (unpaired) electrons. The molecule has 1 saturated carbocycles. The third kappa shape index (κ3) is 7.12. The van der Waals surface area contributed by atoms with Gasteiger partial charge in [-0.3, -0.25) is 4.79 Å². The van der Waals surface area contributed by atoms with Crippen molar-refractivity contribution >= 4 is 17.4 Å². The van der Waals surface area contributed by atoms with Crippen LogP contribution in [0.25, 0.3) is 0 Å². The molecule has 1 N–H and O–H groups in total. The molecular formula is C27H34F3N3O3. The summed E-state index contributed by atoms with van der Waals surface area (Å²) in [6, 6.07) is 7.87. The maximum atomic E-state index is 12.6. The minimum Gasteiger partial charge on any atom is -0.406 e. The van der Waals surface area contributed by atoms with E-state index in [0.29, 0.717) is 38.5 Å². The molecule has 1 saturated heterocycles. The summed E-state index contributed by atoms with van der Waals surface area (Å²) in [5.74, 6) is 0.978. The molecule has 2 fully saturated rings. The molecule has 1 amide bonds. The number of aryl methyl sites for hydroxylation is 1. The molecule has 9 heteroatoms. The molecule has 1 aliphatic heterocycles. The van der Waals surface area contributed by atoms with Crippen LogP contribution in [0.1, 0.15) is 75.3 Å². The highest BCUT2D eigenvalue weighted by Gasteiger charge is 2.32. The highest BCUT2D eigenvalue weighted by Crippen LogP contribution is 2.44. The number of alkyl halides is 3. The van der Waals surface area contributed by atoms with Gasteiger partial charge in [0.25, 0.3) is 0 Å². The normalized spacial score (nSPS) is 19.1. The minimum absolute atomic E-state index is 0.000262. The number of aromatic nitrogens is 1. The van der Waals surface area contributed by atoms with Crippen LogP contribution in [0.3, 0.4) is 0 Å². The second-order valence-corrected chi connectivity index (χ2v) is 10.9. The fraction of sp³-hybridized carbons (Fsp3) is 0.556. The van der Waals surface area contributed by atoms with Gasteiger partial charge in [-0.2, -0.15) is 0 Å². The number of halogens is 3. The molecule has 0 unspecified atom stereocenters. The molecule has 1 atom stereocenters. The first-order valence-corrected chi connectivity index (χ1v) is 12.4. The highest BCUT2D eigenvalue weighted by atomic mass is 19.4. The van der Waals surface area contributed by atoms with E-state index >= 15 is 0 Å². The van der Waals surface area contributed by atoms with Gasteiger partial charge in [-0.15, -0.1) is 13.2 Å². The molecular weight excluding hydrogens is 471 g/mol. The van der Waals surface area contributed by atoms with Gasteiger partial charge in [-0.25, -0.2) is 4.98 Å². The Balaban J connectivity index is 1.46. The van der Waals surface area contributed by atoms with E-state index in [0.717, 1.165) is 41.2 Å². The highest BCUT2D eigenvalue weighted by molar-refractivity contribution is 5.93. The molecule has 2 aliphatic rings. The molecule has 2 heterocycles. The standard InChI is InChI=1S/C27H34F3N3O3/c1-17-15-22(31-25(19-5-6-19)24(17)32-23(34)16-26(2,3)4)33-12-11-21(35-14-13-33)18-7-9-20(10-8-18)36-27(28,29)30/h7-10,15,19,21H,5-6,11-14,16H2,1-4H3,(H,32,34)/t21-/m1/s1. The lowest BCUT2D eigenvalue weighted by atomic mass is 9.92. The predicted molar refractivity (Wildman–Crippen MR) is 132 cm³/mol. The Kier molecular flexibility index (Phi) is 7.50. The Hall–Kier alpha value is -2.81. The number of amides is 1. The number of carbonyl (C=O) groups is 1. The van der Waals surface area contributed by atoms with Crippen molar-refractivity contribution in [3.05, 3.63) is 47.2 Å². The van der Waals surface area contributed by atoms with Crippen LogP contribution in [0.15, 0.2) is 30.3 Å². The van der Waals surface area contributed by atoms with Crippen molar-refractivity contribution in [1.29, 1.82) is 0 Å². The predicted octanol–water partition coefficient (Wildman–Crippen LogP) is 6.51. The summed E-state index contributed by atoms with van der Waals surface area (Å²) in [6.07, 6.45) is -1.70. The van der Waals surface area contributed by atoms with E-state index in [1.807, 2.05) is 33.8 Å². The number of nitrogens with one attached hydrogen (secondary N) is 1. The second kappa shape index (κ2) is 10.3. The zero-order valence-electron chi connectivity index (χ0n) is 21.2. The van der Waals surface area contributed by atoms with Crippen molar-refractivity contribution in [3.8, 4) is 5.75 Å². The van der Waals surface area contributed by atoms with Gasteiger partial charge < -0.3 is 19.7 Å². The van der Waals surface area contributed by atoms with Gasteiger partial charge in [-0.1, -0.05) is 32.9 Å². The van der Waals surface area contributed by atoms with Crippen molar-refractivity contribution in [1.82, 2.24) is 4.98 Å². The van der Waals surface area contributed by atoms with Crippen LogP contribution >= 0.6 is 0 Å². The van der Waals surface area contributed by atoms with Crippen LogP contribution < -0.4 is 15.0 Å². The van der Waals surface area contributed by atoms with E-state index < -0.39 is 6.36 Å². The zero-order valence-corrected chi connectivity index (χ0v) is 21.2. The molecule has 36 heavy (non-hydrogen) atoms. The SMILES string of the molecule is Cc1cc(N2CCO[C@@H](c3ccc(OC(F)(F)F)cc3)CC2)nc(C2CC2)c1NC(=O)CC(C)(C)C. The van der Waals surface area contributed by atoms with Gasteiger partial charge in [0.15, 0.2) is 0 Å². The largest absolute Gasteiger partial charge is 0.573 e. The first-order chi connectivity index (χ1) is 16.9. The third-order valence-corrected chi connectivity index (χ3v) is 6.30. The van der Waals surface area contributed by atoms with Crippen molar-refractivity contribution in [3.63, 3.8) is 0 Å². The monoisotopic (exact) mass is 505 g/mol. The van der Waals surface area contributed by atoms with Gasteiger partial charge in [0.1, 0.15) is 11.6 Å². The molecule has 1 aromatic carbocycles. The number of hydrogen-bond acceptors (Lipinski definition) is 5. The summed E-state index contributed by atoms with van der Waals surface area (Å²) < 4.78 is 47.3. The van der Waals surface area contributed by atoms with Gasteiger partial charge >= 0.3 is 6.36 Å². The summed E-state index contributed by atoms with van der Waals surface area (Å²) in [6.45, 7) is 9.95. The van der Waals surface area contributed by atoms with Crippen LogP contribution in [0.2, 0.25) is 0 Å². The number of anilines is 2. The number of carbonyl (C=O) groups excluding carboxylic acids is 1. The summed E-state index contributed by atoms with van der Waals surface area (Å²) in [7, 11) is 0. The Labute approximate surface area is 210 Å². The molecule has 6 nitrogen and oxygen atoms in total. The number of hydrogen-bond donors (Lipinski definition) is 1. The van der Waals surface area contributed by atoms with Crippen LogP contribution in [0.5, 0.6) is 5.75 Å². The van der Waals surface area contributed by atoms with Crippen molar-refractivity contribution in [2.24, 2.45) is 5.41 Å². The lowest BCUT2D eigenvalue weighted by molar-refractivity contribution is -0.274. The average Bonchev–Trinajstić information content (AvgIpc) is 3.60. The fourth-order valence-corrected chi connectivity index (χ4v) is 4.47. The molecule has 1 aromatic heterocycles. The topological polar surface area (TPSA) is 63.7 Å². The van der Waals surface area contributed by atoms with Crippen LogP contribution in [-0.4, -0.2) is 36.9 Å². The Morgan fingerprint density at radius 2 is 1.83 bits per heavy atom. The van der Waals surface area contributed by atoms with E-state index in [9.17, 15) is 18.0 Å². The zero-order chi connectivity index (χ0) is 26.1. The first-order valence-electron chi connectivity index (χ1n) is 12.4. The van der Waals surface area contributed by atoms with E-state index in [2.05, 4.69) is 15.0 Å². The molecule has 4 rings (SSSR count). The quantitative estimate of drug-likeness (QED) is 0.485. The van der Waals surface area contributed by atoms with Crippen molar-refractivity contribution < 1.29 is 27.4 Å². The molecule has 1 aliphatic carbocycles. The fourth-order valence-electron chi connectivity index (χ4n) is 4.47. The van der Waals surface area contributed by atoms with E-state index in [1.165, 1.54) is 12.1 Å². The number of nitrogens with zero attached hydrogens (tertiary/aromatic N) is 2. The third-order valence-electron chi connectivity index (χ3n) is 6.30. The number of ether oxygens (including phenoxy) is 2. The van der Waals surface area contributed by atoms with Crippen LogP contribution in [-0.2, 0) is 9.53 Å².